The van der Waals surface area contributed by atoms with Crippen LogP contribution in [0.1, 0.15) is 47.5 Å². The second-order valence-electron chi connectivity index (χ2n) is 8.94. The number of aromatic amines is 1. The number of carbonyl (C=O) groups is 1. The van der Waals surface area contributed by atoms with Gasteiger partial charge in [0.25, 0.3) is 0 Å². The molecule has 1 N–H and O–H groups in total. The summed E-state index contributed by atoms with van der Waals surface area (Å²) in [5, 5.41) is 14.5. The van der Waals surface area contributed by atoms with Gasteiger partial charge in [0.2, 0.25) is 11.6 Å². The first kappa shape index (κ1) is 24.9. The van der Waals surface area contributed by atoms with Gasteiger partial charge in [-0.05, 0) is 35.2 Å². The van der Waals surface area contributed by atoms with Crippen molar-refractivity contribution >= 4 is 5.97 Å². The van der Waals surface area contributed by atoms with Gasteiger partial charge in [-0.25, -0.2) is 19.7 Å². The number of esters is 1. The number of ether oxygens (including phenoxy) is 1. The van der Waals surface area contributed by atoms with Gasteiger partial charge in [-0.2, -0.15) is 5.21 Å². The molecule has 3 aromatic heterocycles. The second kappa shape index (κ2) is 11.1. The Kier molecular flexibility index (Phi) is 7.30. The molecule has 0 amide bonds. The van der Waals surface area contributed by atoms with Gasteiger partial charge in [0.05, 0.1) is 18.5 Å². The Morgan fingerprint density at radius 2 is 1.82 bits per heavy atom. The molecule has 0 saturated heterocycles. The highest BCUT2D eigenvalue weighted by Gasteiger charge is 2.17. The fourth-order valence-corrected chi connectivity index (χ4v) is 4.36. The number of aryl methyl sites for hydroxylation is 2. The molecule has 0 spiro atoms. The van der Waals surface area contributed by atoms with Crippen molar-refractivity contribution < 1.29 is 9.53 Å². The molecule has 5 aromatic rings. The molecular weight excluding hydrogens is 480 g/mol. The average molecular weight is 509 g/mol. The van der Waals surface area contributed by atoms with Crippen molar-refractivity contribution in [3.8, 4) is 33.8 Å². The molecule has 0 saturated carbocycles. The molecule has 2 aromatic carbocycles. The molecular formula is C28H28N8O2. The molecule has 3 heterocycles. The lowest BCUT2D eigenvalue weighted by molar-refractivity contribution is 0.0586. The minimum atomic E-state index is -0.558. The van der Waals surface area contributed by atoms with Gasteiger partial charge in [-0.15, -0.1) is 10.2 Å². The molecule has 0 aliphatic carbocycles. The zero-order chi connectivity index (χ0) is 26.5. The minimum Gasteiger partial charge on any atom is -0.463 e. The van der Waals surface area contributed by atoms with Crippen molar-refractivity contribution in [2.75, 3.05) is 7.11 Å². The van der Waals surface area contributed by atoms with Crippen LogP contribution in [0.4, 0.5) is 0 Å². The highest BCUT2D eigenvalue weighted by molar-refractivity contribution is 5.85. The van der Waals surface area contributed by atoms with Gasteiger partial charge in [-0.3, -0.25) is 0 Å². The summed E-state index contributed by atoms with van der Waals surface area (Å²) in [6.45, 7) is 4.70. The van der Waals surface area contributed by atoms with Crippen LogP contribution in [0.5, 0.6) is 0 Å². The molecule has 0 bridgehead atoms. The Bertz CT molecular complexity index is 1540. The van der Waals surface area contributed by atoms with Crippen molar-refractivity contribution in [2.24, 2.45) is 0 Å². The first-order valence-electron chi connectivity index (χ1n) is 12.5. The number of imidazole rings is 1. The van der Waals surface area contributed by atoms with Crippen molar-refractivity contribution in [1.29, 1.82) is 0 Å². The quantitative estimate of drug-likeness (QED) is 0.285. The van der Waals surface area contributed by atoms with Crippen LogP contribution in [0.2, 0.25) is 0 Å². The van der Waals surface area contributed by atoms with E-state index < -0.39 is 5.97 Å². The zero-order valence-electron chi connectivity index (χ0n) is 21.5. The molecule has 192 valence electrons. The number of nitrogens with one attached hydrogen (secondary N) is 1. The Labute approximate surface area is 220 Å². The lowest BCUT2D eigenvalue weighted by atomic mass is 9.98. The van der Waals surface area contributed by atoms with Gasteiger partial charge in [0.15, 0.2) is 0 Å². The lowest BCUT2D eigenvalue weighted by Gasteiger charge is -2.10. The largest absolute Gasteiger partial charge is 0.463 e. The highest BCUT2D eigenvalue weighted by atomic mass is 16.5. The summed E-state index contributed by atoms with van der Waals surface area (Å²) in [5.41, 5.74) is 6.45. The van der Waals surface area contributed by atoms with E-state index in [2.05, 4.69) is 72.4 Å². The van der Waals surface area contributed by atoms with E-state index in [1.807, 2.05) is 31.3 Å². The molecule has 0 fully saturated rings. The molecule has 10 nitrogen and oxygen atoms in total. The number of hydrogen-bond acceptors (Lipinski definition) is 8. The third-order valence-electron chi connectivity index (χ3n) is 6.37. The van der Waals surface area contributed by atoms with Crippen LogP contribution in [0.15, 0.2) is 60.9 Å². The third kappa shape index (κ3) is 5.19. The van der Waals surface area contributed by atoms with E-state index in [0.29, 0.717) is 18.1 Å². The number of tetrazole rings is 1. The number of methoxy groups -OCH3 is 1. The molecule has 10 heteroatoms. The number of H-pyrrole nitrogens is 1. The topological polar surface area (TPSA) is 124 Å². The van der Waals surface area contributed by atoms with Crippen LogP contribution in [0.25, 0.3) is 33.8 Å². The van der Waals surface area contributed by atoms with Crippen LogP contribution in [0, 0.1) is 6.92 Å². The molecule has 0 unspecified atom stereocenters. The second-order valence-corrected chi connectivity index (χ2v) is 8.94. The van der Waals surface area contributed by atoms with Gasteiger partial charge in [-0.1, -0.05) is 61.9 Å². The highest BCUT2D eigenvalue weighted by Crippen LogP contribution is 2.30. The van der Waals surface area contributed by atoms with E-state index in [-0.39, 0.29) is 5.82 Å². The van der Waals surface area contributed by atoms with Crippen LogP contribution >= 0.6 is 0 Å². The summed E-state index contributed by atoms with van der Waals surface area (Å²) in [5.74, 6) is 1.05. The molecule has 38 heavy (non-hydrogen) atoms. The Morgan fingerprint density at radius 1 is 1.03 bits per heavy atom. The maximum Gasteiger partial charge on any atom is 0.376 e. The van der Waals surface area contributed by atoms with Crippen LogP contribution in [0.3, 0.4) is 0 Å². The summed E-state index contributed by atoms with van der Waals surface area (Å²) in [7, 11) is 1.32. The van der Waals surface area contributed by atoms with Crippen molar-refractivity contribution in [3.05, 3.63) is 83.8 Å². The van der Waals surface area contributed by atoms with Crippen LogP contribution in [-0.4, -0.2) is 53.2 Å². The summed E-state index contributed by atoms with van der Waals surface area (Å²) in [6, 6.07) is 16.5. The SMILES string of the molecule is CCCCc1nc(-c2cnc(C(=O)OC)nc2C)cn1Cc1ccc(-c2ccccc2-c2nn[nH]n2)cc1. The maximum atomic E-state index is 11.8. The number of hydrogen-bond donors (Lipinski definition) is 1. The van der Waals surface area contributed by atoms with E-state index in [4.69, 9.17) is 9.72 Å². The summed E-state index contributed by atoms with van der Waals surface area (Å²) < 4.78 is 6.92. The van der Waals surface area contributed by atoms with E-state index in [1.165, 1.54) is 7.11 Å². The minimum absolute atomic E-state index is 0.0420. The first-order valence-corrected chi connectivity index (χ1v) is 12.5. The fourth-order valence-electron chi connectivity index (χ4n) is 4.36. The Morgan fingerprint density at radius 3 is 2.50 bits per heavy atom. The molecule has 0 aliphatic rings. The van der Waals surface area contributed by atoms with Gasteiger partial charge in [0.1, 0.15) is 5.82 Å². The predicted molar refractivity (Wildman–Crippen MR) is 142 cm³/mol. The Hall–Kier alpha value is -4.73. The number of unbranched alkanes of at least 4 members (excludes halogenated alkanes) is 1. The van der Waals surface area contributed by atoms with Crippen LogP contribution < -0.4 is 0 Å². The van der Waals surface area contributed by atoms with Crippen molar-refractivity contribution in [1.82, 2.24) is 40.1 Å². The molecule has 0 radical (unpaired) electrons. The van der Waals surface area contributed by atoms with Crippen molar-refractivity contribution in [3.63, 3.8) is 0 Å². The number of benzene rings is 2. The number of rotatable bonds is 9. The first-order chi connectivity index (χ1) is 18.6. The third-order valence-corrected chi connectivity index (χ3v) is 6.37. The van der Waals surface area contributed by atoms with E-state index >= 15 is 0 Å². The standard InChI is InChI=1S/C28H28N8O2/c1-4-5-10-25-31-24(23-15-29-27(28(37)38-3)30-18(23)2)17-36(25)16-19-11-13-20(14-12-19)21-8-6-7-9-22(21)26-32-34-35-33-26/h6-9,11-15,17H,4-5,10,16H2,1-3H3,(H,32,33,34,35). The smallest absolute Gasteiger partial charge is 0.376 e. The summed E-state index contributed by atoms with van der Waals surface area (Å²) >= 11 is 0. The molecule has 5 rings (SSSR count). The monoisotopic (exact) mass is 508 g/mol. The average Bonchev–Trinajstić information content (AvgIpc) is 3.62. The van der Waals surface area contributed by atoms with E-state index in [1.54, 1.807) is 6.20 Å². The van der Waals surface area contributed by atoms with E-state index in [9.17, 15) is 4.79 Å². The van der Waals surface area contributed by atoms with Gasteiger partial charge >= 0.3 is 5.97 Å². The number of nitrogens with zero attached hydrogens (tertiary/aromatic N) is 7. The number of aromatic nitrogens is 8. The lowest BCUT2D eigenvalue weighted by Crippen LogP contribution is -2.08. The van der Waals surface area contributed by atoms with E-state index in [0.717, 1.165) is 58.6 Å². The summed E-state index contributed by atoms with van der Waals surface area (Å²) in [6.07, 6.45) is 6.66. The normalized spacial score (nSPS) is 11.0. The Balaban J connectivity index is 1.42. The summed E-state index contributed by atoms with van der Waals surface area (Å²) in [4.78, 5) is 25.2. The fraction of sp³-hybridized carbons (Fsp3) is 0.250. The predicted octanol–water partition coefficient (Wildman–Crippen LogP) is 4.67. The zero-order valence-corrected chi connectivity index (χ0v) is 21.5. The van der Waals surface area contributed by atoms with Crippen LogP contribution in [-0.2, 0) is 17.7 Å². The maximum absolute atomic E-state index is 11.8. The van der Waals surface area contributed by atoms with Crippen molar-refractivity contribution in [2.45, 2.75) is 39.7 Å². The molecule has 0 aliphatic heterocycles. The molecule has 0 atom stereocenters. The number of carbonyl (C=O) groups excluding carboxylic acids is 1. The van der Waals surface area contributed by atoms with Gasteiger partial charge in [0, 0.05) is 36.5 Å². The van der Waals surface area contributed by atoms with Gasteiger partial charge < -0.3 is 9.30 Å².